The lowest BCUT2D eigenvalue weighted by Crippen LogP contribution is -2.22. The maximum Gasteiger partial charge on any atom is 0.0947 e. The first-order valence-electron chi connectivity index (χ1n) is 6.18. The maximum atomic E-state index is 4.56. The Morgan fingerprint density at radius 2 is 2.06 bits per heavy atom. The molecule has 0 spiro atoms. The van der Waals surface area contributed by atoms with Crippen LogP contribution in [0.4, 0.5) is 0 Å². The zero-order valence-electron chi connectivity index (χ0n) is 11.3. The minimum absolute atomic E-state index is 0.340. The third-order valence-corrected chi connectivity index (χ3v) is 4.93. The topological polar surface area (TPSA) is 37.8 Å². The first kappa shape index (κ1) is 13.6. The van der Waals surface area contributed by atoms with Gasteiger partial charge in [-0.25, -0.2) is 9.97 Å². The van der Waals surface area contributed by atoms with Crippen LogP contribution in [-0.2, 0) is 6.42 Å². The number of hydrogen-bond acceptors (Lipinski definition) is 5. The number of rotatable bonds is 5. The van der Waals surface area contributed by atoms with Gasteiger partial charge < -0.3 is 5.32 Å². The van der Waals surface area contributed by atoms with Gasteiger partial charge in [-0.2, -0.15) is 0 Å². The largest absolute Gasteiger partial charge is 0.309 e. The van der Waals surface area contributed by atoms with E-state index < -0.39 is 0 Å². The van der Waals surface area contributed by atoms with Crippen molar-refractivity contribution in [3.8, 4) is 0 Å². The van der Waals surface area contributed by atoms with Gasteiger partial charge in [-0.15, -0.1) is 22.7 Å². The summed E-state index contributed by atoms with van der Waals surface area (Å²) in [7, 11) is 0. The summed E-state index contributed by atoms with van der Waals surface area (Å²) in [6, 6.07) is 0.340. The van der Waals surface area contributed by atoms with E-state index in [4.69, 9.17) is 0 Å². The number of thiazole rings is 2. The second kappa shape index (κ2) is 5.91. The van der Waals surface area contributed by atoms with Crippen molar-refractivity contribution in [3.63, 3.8) is 0 Å². The molecule has 0 aliphatic heterocycles. The molecular formula is C13H19N3S2. The lowest BCUT2D eigenvalue weighted by molar-refractivity contribution is 0.553. The summed E-state index contributed by atoms with van der Waals surface area (Å²) in [5, 5.41) is 8.00. The van der Waals surface area contributed by atoms with Crippen molar-refractivity contribution >= 4 is 22.7 Å². The highest BCUT2D eigenvalue weighted by Gasteiger charge is 2.18. The Morgan fingerprint density at radius 3 is 2.56 bits per heavy atom. The molecule has 5 heteroatoms. The molecule has 1 unspecified atom stereocenters. The Bertz CT molecular complexity index is 516. The summed E-state index contributed by atoms with van der Waals surface area (Å²) in [4.78, 5) is 10.4. The Kier molecular flexibility index (Phi) is 4.48. The highest BCUT2D eigenvalue weighted by Crippen LogP contribution is 2.28. The fraction of sp³-hybridized carbons (Fsp3) is 0.538. The Labute approximate surface area is 116 Å². The standard InChI is InChI=1S/C13H19N3S2/c1-5-14-11(6-12-15-8(2)7-17-12)13-9(3)16-10(4)18-13/h7,11,14H,5-6H2,1-4H3. The number of aryl methyl sites for hydroxylation is 3. The molecule has 3 nitrogen and oxygen atoms in total. The van der Waals surface area contributed by atoms with Gasteiger partial charge in [0.15, 0.2) is 0 Å². The van der Waals surface area contributed by atoms with E-state index >= 15 is 0 Å². The molecule has 0 bridgehead atoms. The Balaban J connectivity index is 2.20. The van der Waals surface area contributed by atoms with Crippen LogP contribution in [0.2, 0.25) is 0 Å². The normalized spacial score (nSPS) is 12.9. The zero-order chi connectivity index (χ0) is 13.1. The van der Waals surface area contributed by atoms with Crippen molar-refractivity contribution in [1.29, 1.82) is 0 Å². The van der Waals surface area contributed by atoms with Crippen molar-refractivity contribution in [2.45, 2.75) is 40.2 Å². The van der Waals surface area contributed by atoms with Gasteiger partial charge in [0.2, 0.25) is 0 Å². The van der Waals surface area contributed by atoms with Gasteiger partial charge in [0.05, 0.1) is 15.7 Å². The fourth-order valence-corrected chi connectivity index (χ4v) is 3.87. The molecular weight excluding hydrogens is 262 g/mol. The number of hydrogen-bond donors (Lipinski definition) is 1. The van der Waals surface area contributed by atoms with Crippen molar-refractivity contribution in [2.75, 3.05) is 6.54 Å². The first-order valence-corrected chi connectivity index (χ1v) is 7.88. The zero-order valence-corrected chi connectivity index (χ0v) is 12.9. The minimum atomic E-state index is 0.340. The van der Waals surface area contributed by atoms with Crippen LogP contribution in [-0.4, -0.2) is 16.5 Å². The molecule has 0 amide bonds. The SMILES string of the molecule is CCNC(Cc1nc(C)cs1)c1sc(C)nc1C. The molecule has 0 aliphatic rings. The fourth-order valence-electron chi connectivity index (χ4n) is 2.05. The second-order valence-electron chi connectivity index (χ2n) is 4.38. The van der Waals surface area contributed by atoms with Gasteiger partial charge in [0, 0.05) is 28.4 Å². The molecule has 0 saturated carbocycles. The van der Waals surface area contributed by atoms with E-state index in [1.54, 1.807) is 22.7 Å². The Morgan fingerprint density at radius 1 is 1.28 bits per heavy atom. The van der Waals surface area contributed by atoms with Crippen molar-refractivity contribution in [1.82, 2.24) is 15.3 Å². The molecule has 0 saturated heterocycles. The molecule has 0 aliphatic carbocycles. The van der Waals surface area contributed by atoms with E-state index in [0.29, 0.717) is 6.04 Å². The predicted molar refractivity (Wildman–Crippen MR) is 78.6 cm³/mol. The van der Waals surface area contributed by atoms with E-state index in [1.807, 2.05) is 6.92 Å². The van der Waals surface area contributed by atoms with Crippen LogP contribution in [0.15, 0.2) is 5.38 Å². The number of nitrogens with zero attached hydrogens (tertiary/aromatic N) is 2. The van der Waals surface area contributed by atoms with Crippen LogP contribution in [0, 0.1) is 20.8 Å². The quantitative estimate of drug-likeness (QED) is 0.912. The van der Waals surface area contributed by atoms with Crippen LogP contribution >= 0.6 is 22.7 Å². The molecule has 0 radical (unpaired) electrons. The maximum absolute atomic E-state index is 4.56. The van der Waals surface area contributed by atoms with Gasteiger partial charge in [0.25, 0.3) is 0 Å². The number of aromatic nitrogens is 2. The van der Waals surface area contributed by atoms with Gasteiger partial charge in [-0.3, -0.25) is 0 Å². The van der Waals surface area contributed by atoms with Crippen molar-refractivity contribution < 1.29 is 0 Å². The second-order valence-corrected chi connectivity index (χ2v) is 6.56. The lowest BCUT2D eigenvalue weighted by Gasteiger charge is -2.15. The number of likely N-dealkylation sites (N-methyl/N-ethyl adjacent to an activating group) is 1. The average molecular weight is 281 g/mol. The number of nitrogens with one attached hydrogen (secondary N) is 1. The molecule has 18 heavy (non-hydrogen) atoms. The summed E-state index contributed by atoms with van der Waals surface area (Å²) in [6.07, 6.45) is 0.953. The summed E-state index contributed by atoms with van der Waals surface area (Å²) in [6.45, 7) is 9.31. The summed E-state index contributed by atoms with van der Waals surface area (Å²) in [5.41, 5.74) is 2.26. The molecule has 2 rings (SSSR count). The van der Waals surface area contributed by atoms with Gasteiger partial charge in [-0.1, -0.05) is 6.92 Å². The summed E-state index contributed by atoms with van der Waals surface area (Å²) in [5.74, 6) is 0. The molecule has 1 N–H and O–H groups in total. The van der Waals surface area contributed by atoms with Crippen molar-refractivity contribution in [2.24, 2.45) is 0 Å². The molecule has 0 aromatic carbocycles. The highest BCUT2D eigenvalue weighted by atomic mass is 32.1. The van der Waals surface area contributed by atoms with Gasteiger partial charge in [-0.05, 0) is 27.3 Å². The lowest BCUT2D eigenvalue weighted by atomic mass is 10.1. The van der Waals surface area contributed by atoms with Crippen LogP contribution in [0.25, 0.3) is 0 Å². The van der Waals surface area contributed by atoms with Crippen LogP contribution in [0.1, 0.15) is 39.2 Å². The molecule has 2 aromatic rings. The van der Waals surface area contributed by atoms with Crippen LogP contribution < -0.4 is 5.32 Å². The third-order valence-electron chi connectivity index (χ3n) is 2.75. The van der Waals surface area contributed by atoms with E-state index in [9.17, 15) is 0 Å². The molecule has 2 aromatic heterocycles. The molecule has 1 atom stereocenters. The van der Waals surface area contributed by atoms with Crippen molar-refractivity contribution in [3.05, 3.63) is 31.7 Å². The molecule has 0 fully saturated rings. The highest BCUT2D eigenvalue weighted by molar-refractivity contribution is 7.11. The summed E-state index contributed by atoms with van der Waals surface area (Å²) >= 11 is 3.54. The van der Waals surface area contributed by atoms with Crippen LogP contribution in [0.5, 0.6) is 0 Å². The van der Waals surface area contributed by atoms with Crippen LogP contribution in [0.3, 0.4) is 0 Å². The smallest absolute Gasteiger partial charge is 0.0947 e. The Hall–Kier alpha value is -0.780. The van der Waals surface area contributed by atoms with E-state index in [0.717, 1.165) is 29.4 Å². The van der Waals surface area contributed by atoms with E-state index in [1.165, 1.54) is 9.88 Å². The van der Waals surface area contributed by atoms with E-state index in [2.05, 4.69) is 41.4 Å². The first-order chi connectivity index (χ1) is 8.60. The average Bonchev–Trinajstić information content (AvgIpc) is 2.84. The predicted octanol–water partition coefficient (Wildman–Crippen LogP) is 3.42. The third kappa shape index (κ3) is 3.16. The minimum Gasteiger partial charge on any atom is -0.309 e. The van der Waals surface area contributed by atoms with Gasteiger partial charge in [0.1, 0.15) is 0 Å². The molecule has 2 heterocycles. The van der Waals surface area contributed by atoms with E-state index in [-0.39, 0.29) is 0 Å². The summed E-state index contributed by atoms with van der Waals surface area (Å²) < 4.78 is 0. The van der Waals surface area contributed by atoms with Gasteiger partial charge >= 0.3 is 0 Å². The monoisotopic (exact) mass is 281 g/mol. The molecule has 98 valence electrons.